The summed E-state index contributed by atoms with van der Waals surface area (Å²) in [5.41, 5.74) is 0.800. The number of nitrogens with zero attached hydrogens (tertiary/aromatic N) is 1. The van der Waals surface area contributed by atoms with Crippen LogP contribution in [-0.2, 0) is 9.84 Å². The molecule has 1 saturated heterocycles. The Hall–Kier alpha value is -1.69. The molecule has 4 nitrogen and oxygen atoms in total. The SMILES string of the molecule is O=S(=O)(c1ccccc1)[C@@H]1[C@@H](c2ccccc2)N1O. The van der Waals surface area contributed by atoms with Crippen LogP contribution in [0.1, 0.15) is 11.6 Å². The Morgan fingerprint density at radius 2 is 1.42 bits per heavy atom. The molecule has 2 aromatic rings. The van der Waals surface area contributed by atoms with Gasteiger partial charge in [-0.05, 0) is 17.7 Å². The molecule has 1 fully saturated rings. The monoisotopic (exact) mass is 275 g/mol. The smallest absolute Gasteiger partial charge is 0.198 e. The van der Waals surface area contributed by atoms with Crippen molar-refractivity contribution < 1.29 is 13.6 Å². The quantitative estimate of drug-likeness (QED) is 0.873. The molecule has 0 radical (unpaired) electrons. The Morgan fingerprint density at radius 1 is 0.895 bits per heavy atom. The van der Waals surface area contributed by atoms with Gasteiger partial charge in [0, 0.05) is 0 Å². The molecule has 0 spiro atoms. The zero-order valence-electron chi connectivity index (χ0n) is 10.0. The molecule has 0 aromatic heterocycles. The Morgan fingerprint density at radius 3 is 2.00 bits per heavy atom. The van der Waals surface area contributed by atoms with E-state index in [-0.39, 0.29) is 4.90 Å². The first-order chi connectivity index (χ1) is 9.12. The van der Waals surface area contributed by atoms with E-state index in [0.717, 1.165) is 10.6 Å². The molecule has 0 saturated carbocycles. The van der Waals surface area contributed by atoms with Gasteiger partial charge in [-0.2, -0.15) is 5.06 Å². The van der Waals surface area contributed by atoms with Crippen LogP contribution in [0.15, 0.2) is 65.6 Å². The van der Waals surface area contributed by atoms with E-state index in [1.165, 1.54) is 0 Å². The van der Waals surface area contributed by atoms with Gasteiger partial charge >= 0.3 is 0 Å². The summed E-state index contributed by atoms with van der Waals surface area (Å²) in [5, 5.41) is 9.79. The topological polar surface area (TPSA) is 57.4 Å². The zero-order valence-corrected chi connectivity index (χ0v) is 10.9. The summed E-state index contributed by atoms with van der Waals surface area (Å²) in [6, 6.07) is 16.9. The van der Waals surface area contributed by atoms with Crippen LogP contribution in [0.25, 0.3) is 0 Å². The largest absolute Gasteiger partial charge is 0.312 e. The number of sulfone groups is 1. The van der Waals surface area contributed by atoms with Crippen LogP contribution in [0.2, 0.25) is 0 Å². The third kappa shape index (κ3) is 2.06. The lowest BCUT2D eigenvalue weighted by Gasteiger charge is -2.01. The summed E-state index contributed by atoms with van der Waals surface area (Å²) in [6.07, 6.45) is 0. The van der Waals surface area contributed by atoms with Crippen molar-refractivity contribution in [2.45, 2.75) is 16.3 Å². The van der Waals surface area contributed by atoms with Gasteiger partial charge in [0.25, 0.3) is 0 Å². The van der Waals surface area contributed by atoms with Crippen molar-refractivity contribution in [2.75, 3.05) is 0 Å². The normalized spacial score (nSPS) is 26.1. The number of hydrogen-bond donors (Lipinski definition) is 1. The van der Waals surface area contributed by atoms with E-state index in [2.05, 4.69) is 0 Å². The fourth-order valence-electron chi connectivity index (χ4n) is 2.23. The molecule has 2 aromatic carbocycles. The molecule has 3 rings (SSSR count). The highest BCUT2D eigenvalue weighted by Gasteiger charge is 2.57. The van der Waals surface area contributed by atoms with Crippen molar-refractivity contribution in [3.05, 3.63) is 66.2 Å². The fourth-order valence-corrected chi connectivity index (χ4v) is 4.01. The van der Waals surface area contributed by atoms with Crippen LogP contribution in [0.3, 0.4) is 0 Å². The Balaban J connectivity index is 1.93. The van der Waals surface area contributed by atoms with E-state index < -0.39 is 21.3 Å². The molecule has 3 atom stereocenters. The minimum Gasteiger partial charge on any atom is -0.312 e. The van der Waals surface area contributed by atoms with Crippen LogP contribution < -0.4 is 0 Å². The predicted octanol–water partition coefficient (Wildman–Crippen LogP) is 2.23. The van der Waals surface area contributed by atoms with E-state index in [9.17, 15) is 13.6 Å². The molecule has 98 valence electrons. The highest BCUT2D eigenvalue weighted by Crippen LogP contribution is 2.46. The predicted molar refractivity (Wildman–Crippen MR) is 70.2 cm³/mol. The number of hydrogen-bond acceptors (Lipinski definition) is 4. The van der Waals surface area contributed by atoms with Crippen molar-refractivity contribution >= 4 is 9.84 Å². The molecular weight excluding hydrogens is 262 g/mol. The minimum absolute atomic E-state index is 0.234. The third-order valence-electron chi connectivity index (χ3n) is 3.26. The van der Waals surface area contributed by atoms with Gasteiger partial charge in [-0.25, -0.2) is 8.42 Å². The summed E-state index contributed by atoms with van der Waals surface area (Å²) in [5.74, 6) is 0. The number of hydroxylamine groups is 2. The van der Waals surface area contributed by atoms with Gasteiger partial charge in [0.1, 0.15) is 0 Å². The maximum atomic E-state index is 12.4. The van der Waals surface area contributed by atoms with Crippen molar-refractivity contribution in [2.24, 2.45) is 0 Å². The van der Waals surface area contributed by atoms with E-state index in [0.29, 0.717) is 0 Å². The van der Waals surface area contributed by atoms with Gasteiger partial charge in [0.15, 0.2) is 15.2 Å². The van der Waals surface area contributed by atoms with Gasteiger partial charge in [-0.3, -0.25) is 0 Å². The lowest BCUT2D eigenvalue weighted by Crippen LogP contribution is -2.12. The van der Waals surface area contributed by atoms with E-state index in [4.69, 9.17) is 0 Å². The molecule has 0 aliphatic carbocycles. The van der Waals surface area contributed by atoms with Gasteiger partial charge in [-0.15, -0.1) is 0 Å². The summed E-state index contributed by atoms with van der Waals surface area (Å²) in [4.78, 5) is 0.234. The van der Waals surface area contributed by atoms with Crippen molar-refractivity contribution in [3.8, 4) is 0 Å². The average molecular weight is 275 g/mol. The van der Waals surface area contributed by atoms with Gasteiger partial charge in [0.05, 0.1) is 10.9 Å². The molecule has 19 heavy (non-hydrogen) atoms. The molecule has 1 N–H and O–H groups in total. The van der Waals surface area contributed by atoms with E-state index >= 15 is 0 Å². The van der Waals surface area contributed by atoms with Crippen LogP contribution >= 0.6 is 0 Å². The van der Waals surface area contributed by atoms with Gasteiger partial charge in [-0.1, -0.05) is 48.5 Å². The summed E-state index contributed by atoms with van der Waals surface area (Å²) in [6.45, 7) is 0. The van der Waals surface area contributed by atoms with E-state index in [1.807, 2.05) is 30.3 Å². The number of rotatable bonds is 3. The van der Waals surface area contributed by atoms with Gasteiger partial charge < -0.3 is 5.21 Å². The first-order valence-electron chi connectivity index (χ1n) is 5.93. The first-order valence-corrected chi connectivity index (χ1v) is 7.48. The first kappa shape index (κ1) is 12.3. The maximum absolute atomic E-state index is 12.4. The Bertz CT molecular complexity index is 670. The van der Waals surface area contributed by atoms with Crippen molar-refractivity contribution in [1.29, 1.82) is 0 Å². The molecule has 1 aliphatic rings. The van der Waals surface area contributed by atoms with Crippen molar-refractivity contribution in [1.82, 2.24) is 5.06 Å². The third-order valence-corrected chi connectivity index (χ3v) is 5.30. The van der Waals surface area contributed by atoms with Crippen LogP contribution in [0.4, 0.5) is 0 Å². The second kappa shape index (κ2) is 4.45. The van der Waals surface area contributed by atoms with Crippen LogP contribution in [-0.4, -0.2) is 24.1 Å². The summed E-state index contributed by atoms with van der Waals surface area (Å²) >= 11 is 0. The molecule has 1 heterocycles. The molecule has 0 bridgehead atoms. The fraction of sp³-hybridized carbons (Fsp3) is 0.143. The standard InChI is InChI=1S/C14H13NO3S/c16-15-13(11-7-3-1-4-8-11)14(15)19(17,18)12-9-5-2-6-10-12/h1-10,13-14,16H/t13-,14-,15?/m1/s1. The van der Waals surface area contributed by atoms with Crippen LogP contribution in [0, 0.1) is 0 Å². The Kier molecular flexibility index (Phi) is 2.89. The number of benzene rings is 2. The highest BCUT2D eigenvalue weighted by molar-refractivity contribution is 7.92. The summed E-state index contributed by atoms with van der Waals surface area (Å²) < 4.78 is 24.8. The average Bonchev–Trinajstić information content (AvgIpc) is 3.13. The zero-order chi connectivity index (χ0) is 13.5. The lowest BCUT2D eigenvalue weighted by atomic mass is 10.2. The van der Waals surface area contributed by atoms with Gasteiger partial charge in [0.2, 0.25) is 0 Å². The second-order valence-electron chi connectivity index (χ2n) is 4.48. The summed E-state index contributed by atoms with van der Waals surface area (Å²) in [7, 11) is -3.54. The van der Waals surface area contributed by atoms with Crippen LogP contribution in [0.5, 0.6) is 0 Å². The Labute approximate surface area is 111 Å². The molecular formula is C14H13NO3S. The lowest BCUT2D eigenvalue weighted by molar-refractivity contribution is 0.0136. The van der Waals surface area contributed by atoms with Crippen molar-refractivity contribution in [3.63, 3.8) is 0 Å². The molecule has 0 amide bonds. The maximum Gasteiger partial charge on any atom is 0.198 e. The second-order valence-corrected chi connectivity index (χ2v) is 6.53. The molecule has 5 heteroatoms. The van der Waals surface area contributed by atoms with E-state index in [1.54, 1.807) is 30.3 Å². The minimum atomic E-state index is -3.54. The molecule has 1 aliphatic heterocycles. The highest BCUT2D eigenvalue weighted by atomic mass is 32.2. The molecule has 1 unspecified atom stereocenters.